The summed E-state index contributed by atoms with van der Waals surface area (Å²) in [6.45, 7) is 11.7. The fourth-order valence-corrected chi connectivity index (χ4v) is 1.69. The summed E-state index contributed by atoms with van der Waals surface area (Å²) in [6, 6.07) is 10.4. The largest absolute Gasteiger partial charge is 0.378 e. The van der Waals surface area contributed by atoms with Gasteiger partial charge in [0.15, 0.2) is 0 Å². The third kappa shape index (κ3) is 2.86. The zero-order valence-electron chi connectivity index (χ0n) is 10.6. The molecule has 0 saturated carbocycles. The molecule has 1 aromatic carbocycles. The van der Waals surface area contributed by atoms with Gasteiger partial charge in [0.25, 0.3) is 5.82 Å². The van der Waals surface area contributed by atoms with Crippen molar-refractivity contribution in [3.63, 3.8) is 0 Å². The highest BCUT2D eigenvalue weighted by Gasteiger charge is 2.02. The lowest BCUT2D eigenvalue weighted by molar-refractivity contribution is 1.13. The molecule has 0 saturated heterocycles. The average Bonchev–Trinajstić information content (AvgIpc) is 2.38. The Bertz CT molecular complexity index is 580. The molecule has 0 aliphatic rings. The molecule has 0 radical (unpaired) electrons. The van der Waals surface area contributed by atoms with E-state index in [9.17, 15) is 0 Å². The van der Waals surface area contributed by atoms with E-state index in [2.05, 4.69) is 46.3 Å². The highest BCUT2D eigenvalue weighted by Crippen LogP contribution is 2.19. The number of hydrogen-bond donors (Lipinski definition) is 1. The zero-order valence-corrected chi connectivity index (χ0v) is 10.6. The Labute approximate surface area is 107 Å². The number of nitrogens with zero attached hydrogens (tertiary/aromatic N) is 2. The third-order valence-corrected chi connectivity index (χ3v) is 2.77. The predicted molar refractivity (Wildman–Crippen MR) is 73.7 cm³/mol. The van der Waals surface area contributed by atoms with Crippen LogP contribution in [0.1, 0.15) is 16.7 Å². The Morgan fingerprint density at radius 1 is 1.22 bits per heavy atom. The highest BCUT2D eigenvalue weighted by molar-refractivity contribution is 5.53. The summed E-state index contributed by atoms with van der Waals surface area (Å²) in [5.74, 6) is 0.468. The van der Waals surface area contributed by atoms with Gasteiger partial charge in [-0.2, -0.15) is 0 Å². The van der Waals surface area contributed by atoms with Crippen molar-refractivity contribution in [1.29, 1.82) is 0 Å². The predicted octanol–water partition coefficient (Wildman–Crippen LogP) is 3.86. The van der Waals surface area contributed by atoms with Crippen LogP contribution in [-0.2, 0) is 6.54 Å². The molecule has 2 rings (SSSR count). The Morgan fingerprint density at radius 2 is 1.94 bits per heavy atom. The molecule has 0 unspecified atom stereocenters. The highest BCUT2D eigenvalue weighted by atomic mass is 14.9. The number of nitrogens with one attached hydrogen (secondary N) is 1. The lowest BCUT2D eigenvalue weighted by atomic mass is 10.1. The number of aryl methyl sites for hydroxylation is 2. The second-order valence-corrected chi connectivity index (χ2v) is 4.32. The molecule has 18 heavy (non-hydrogen) atoms. The van der Waals surface area contributed by atoms with Crippen LogP contribution in [0, 0.1) is 20.4 Å². The molecule has 0 spiro atoms. The van der Waals surface area contributed by atoms with E-state index in [0.29, 0.717) is 5.82 Å². The summed E-state index contributed by atoms with van der Waals surface area (Å²) < 4.78 is 0. The monoisotopic (exact) mass is 237 g/mol. The number of anilines is 1. The Morgan fingerprint density at radius 3 is 2.56 bits per heavy atom. The van der Waals surface area contributed by atoms with E-state index in [-0.39, 0.29) is 0 Å². The van der Waals surface area contributed by atoms with Crippen LogP contribution in [0.15, 0.2) is 36.5 Å². The molecule has 0 fully saturated rings. The van der Waals surface area contributed by atoms with Gasteiger partial charge in [-0.15, -0.1) is 4.98 Å². The van der Waals surface area contributed by atoms with Crippen molar-refractivity contribution >= 4 is 11.5 Å². The third-order valence-electron chi connectivity index (χ3n) is 2.77. The zero-order chi connectivity index (χ0) is 13.0. The van der Waals surface area contributed by atoms with Gasteiger partial charge in [0, 0.05) is 6.54 Å². The normalized spacial score (nSPS) is 9.83. The summed E-state index contributed by atoms with van der Waals surface area (Å²) in [6.07, 6.45) is 1.70. The van der Waals surface area contributed by atoms with Crippen LogP contribution in [0.3, 0.4) is 0 Å². The number of hydrogen-bond acceptors (Lipinski definition) is 2. The Hall–Kier alpha value is -2.34. The van der Waals surface area contributed by atoms with Gasteiger partial charge in [0.1, 0.15) is 6.20 Å². The van der Waals surface area contributed by atoms with E-state index in [1.165, 1.54) is 11.1 Å². The van der Waals surface area contributed by atoms with Crippen LogP contribution < -0.4 is 5.32 Å². The first kappa shape index (κ1) is 12.1. The van der Waals surface area contributed by atoms with Crippen LogP contribution in [0.2, 0.25) is 0 Å². The minimum Gasteiger partial charge on any atom is -0.378 e. The van der Waals surface area contributed by atoms with Crippen LogP contribution >= 0.6 is 0 Å². The molecule has 1 aromatic heterocycles. The van der Waals surface area contributed by atoms with Gasteiger partial charge in [-0.1, -0.05) is 36.4 Å². The number of pyridine rings is 1. The van der Waals surface area contributed by atoms with E-state index >= 15 is 0 Å². The molecule has 0 aliphatic carbocycles. The van der Waals surface area contributed by atoms with Crippen molar-refractivity contribution in [2.24, 2.45) is 0 Å². The van der Waals surface area contributed by atoms with Gasteiger partial charge >= 0.3 is 0 Å². The molecule has 0 amide bonds. The van der Waals surface area contributed by atoms with Crippen molar-refractivity contribution in [2.45, 2.75) is 20.4 Å². The molecule has 3 heteroatoms. The van der Waals surface area contributed by atoms with E-state index in [0.717, 1.165) is 17.8 Å². The fraction of sp³-hybridized carbons (Fsp3) is 0.200. The quantitative estimate of drug-likeness (QED) is 0.821. The van der Waals surface area contributed by atoms with E-state index in [1.807, 2.05) is 13.0 Å². The first-order valence-electron chi connectivity index (χ1n) is 5.82. The van der Waals surface area contributed by atoms with Crippen molar-refractivity contribution in [2.75, 3.05) is 5.32 Å². The van der Waals surface area contributed by atoms with E-state index in [1.54, 1.807) is 6.20 Å². The van der Waals surface area contributed by atoms with Crippen molar-refractivity contribution in [3.05, 3.63) is 64.6 Å². The second kappa shape index (κ2) is 5.33. The average molecular weight is 237 g/mol. The van der Waals surface area contributed by atoms with Gasteiger partial charge in [0.05, 0.1) is 5.69 Å². The summed E-state index contributed by atoms with van der Waals surface area (Å²) in [7, 11) is 0. The van der Waals surface area contributed by atoms with Crippen LogP contribution in [0.25, 0.3) is 4.85 Å². The van der Waals surface area contributed by atoms with E-state index < -0.39 is 0 Å². The maximum absolute atomic E-state index is 6.95. The maximum atomic E-state index is 6.95. The summed E-state index contributed by atoms with van der Waals surface area (Å²) in [4.78, 5) is 7.46. The molecular weight excluding hydrogens is 222 g/mol. The topological polar surface area (TPSA) is 29.3 Å². The summed E-state index contributed by atoms with van der Waals surface area (Å²) in [5.41, 5.74) is 4.34. The smallest absolute Gasteiger partial charge is 0.272 e. The van der Waals surface area contributed by atoms with Crippen molar-refractivity contribution < 1.29 is 0 Å². The van der Waals surface area contributed by atoms with Crippen LogP contribution in [-0.4, -0.2) is 4.98 Å². The number of rotatable bonds is 3. The number of aromatic nitrogens is 1. The minimum atomic E-state index is 0.468. The van der Waals surface area contributed by atoms with Gasteiger partial charge in [-0.3, -0.25) is 0 Å². The van der Waals surface area contributed by atoms with Crippen LogP contribution in [0.4, 0.5) is 11.5 Å². The maximum Gasteiger partial charge on any atom is 0.272 e. The second-order valence-electron chi connectivity index (χ2n) is 4.32. The molecule has 0 bridgehead atoms. The molecule has 1 N–H and O–H groups in total. The Kier molecular flexibility index (Phi) is 3.59. The van der Waals surface area contributed by atoms with E-state index in [4.69, 9.17) is 6.57 Å². The van der Waals surface area contributed by atoms with Gasteiger partial charge in [-0.05, 0) is 31.0 Å². The van der Waals surface area contributed by atoms with Crippen molar-refractivity contribution in [1.82, 2.24) is 4.98 Å². The molecule has 0 aliphatic heterocycles. The molecular formula is C15H15N3. The van der Waals surface area contributed by atoms with Crippen LogP contribution in [0.5, 0.6) is 0 Å². The SMILES string of the molecule is [C-]#[N+]c1ncc(NCc2ccc(C)cc2)cc1C. The van der Waals surface area contributed by atoms with Gasteiger partial charge in [-0.25, -0.2) is 0 Å². The lowest BCUT2D eigenvalue weighted by Crippen LogP contribution is -2.00. The summed E-state index contributed by atoms with van der Waals surface area (Å²) >= 11 is 0. The van der Waals surface area contributed by atoms with Gasteiger partial charge < -0.3 is 10.2 Å². The molecule has 3 nitrogen and oxygen atoms in total. The summed E-state index contributed by atoms with van der Waals surface area (Å²) in [5, 5.41) is 3.31. The minimum absolute atomic E-state index is 0.468. The standard InChI is InChI=1S/C15H15N3/c1-11-4-6-13(7-5-11)9-17-14-8-12(2)15(16-3)18-10-14/h4-8,10,17H,9H2,1-2H3. The van der Waals surface area contributed by atoms with Crippen molar-refractivity contribution in [3.8, 4) is 0 Å². The van der Waals surface area contributed by atoms with Gasteiger partial charge in [0.2, 0.25) is 0 Å². The fourth-order valence-electron chi connectivity index (χ4n) is 1.69. The Balaban J connectivity index is 2.04. The molecule has 0 atom stereocenters. The first-order chi connectivity index (χ1) is 8.69. The molecule has 2 aromatic rings. The molecule has 90 valence electrons. The molecule has 1 heterocycles. The first-order valence-corrected chi connectivity index (χ1v) is 5.82. The number of benzene rings is 1. The lowest BCUT2D eigenvalue weighted by Gasteiger charge is -2.06.